The third-order valence-electron chi connectivity index (χ3n) is 2.91. The van der Waals surface area contributed by atoms with E-state index >= 15 is 0 Å². The summed E-state index contributed by atoms with van der Waals surface area (Å²) in [4.78, 5) is 11.9. The standard InChI is InChI=1S/C16H14BrClN2OS/c17-12-5-3-6-13(10-12)19-16(22)20-15(21)9-8-11-4-1-2-7-14(11)18/h1-7,10H,8-9H2,(H2,19,20,21,22). The van der Waals surface area contributed by atoms with Crippen LogP contribution >= 0.6 is 39.7 Å². The van der Waals surface area contributed by atoms with Crippen molar-refractivity contribution < 1.29 is 4.79 Å². The fraction of sp³-hybridized carbons (Fsp3) is 0.125. The molecule has 0 aliphatic heterocycles. The molecule has 0 saturated heterocycles. The first-order valence-corrected chi connectivity index (χ1v) is 8.22. The van der Waals surface area contributed by atoms with Crippen LogP contribution in [-0.4, -0.2) is 11.0 Å². The van der Waals surface area contributed by atoms with E-state index in [2.05, 4.69) is 26.6 Å². The maximum atomic E-state index is 11.9. The summed E-state index contributed by atoms with van der Waals surface area (Å²) in [5, 5.41) is 6.58. The van der Waals surface area contributed by atoms with Gasteiger partial charge in [-0.2, -0.15) is 0 Å². The highest BCUT2D eigenvalue weighted by Gasteiger charge is 2.07. The van der Waals surface area contributed by atoms with E-state index in [1.54, 1.807) is 0 Å². The van der Waals surface area contributed by atoms with Crippen molar-refractivity contribution in [2.75, 3.05) is 5.32 Å². The lowest BCUT2D eigenvalue weighted by Crippen LogP contribution is -2.34. The highest BCUT2D eigenvalue weighted by atomic mass is 79.9. The number of thiocarbonyl (C=S) groups is 1. The molecule has 0 fully saturated rings. The Morgan fingerprint density at radius 1 is 1.18 bits per heavy atom. The van der Waals surface area contributed by atoms with Gasteiger partial charge in [0.05, 0.1) is 0 Å². The lowest BCUT2D eigenvalue weighted by molar-refractivity contribution is -0.119. The predicted octanol–water partition coefficient (Wildman–Crippen LogP) is 4.55. The molecule has 2 aromatic carbocycles. The Labute approximate surface area is 148 Å². The van der Waals surface area contributed by atoms with Gasteiger partial charge in [-0.05, 0) is 48.5 Å². The van der Waals surface area contributed by atoms with Crippen LogP contribution in [0.5, 0.6) is 0 Å². The Morgan fingerprint density at radius 3 is 2.68 bits per heavy atom. The molecular formula is C16H14BrClN2OS. The van der Waals surface area contributed by atoms with Crippen LogP contribution in [0.3, 0.4) is 0 Å². The zero-order valence-corrected chi connectivity index (χ0v) is 14.8. The molecule has 0 aromatic heterocycles. The quantitative estimate of drug-likeness (QED) is 0.744. The van der Waals surface area contributed by atoms with Gasteiger partial charge in [-0.25, -0.2) is 0 Å². The van der Waals surface area contributed by atoms with Crippen LogP contribution in [-0.2, 0) is 11.2 Å². The molecule has 0 aliphatic carbocycles. The summed E-state index contributed by atoms with van der Waals surface area (Å²) in [7, 11) is 0. The molecule has 2 rings (SSSR count). The molecule has 2 N–H and O–H groups in total. The molecule has 0 spiro atoms. The third kappa shape index (κ3) is 5.40. The molecule has 0 unspecified atom stereocenters. The van der Waals surface area contributed by atoms with E-state index in [0.717, 1.165) is 15.7 Å². The van der Waals surface area contributed by atoms with Crippen LogP contribution in [0.15, 0.2) is 53.0 Å². The van der Waals surface area contributed by atoms with Gasteiger partial charge in [-0.1, -0.05) is 51.8 Å². The Bertz CT molecular complexity index is 693. The van der Waals surface area contributed by atoms with Gasteiger partial charge in [0.1, 0.15) is 0 Å². The molecule has 114 valence electrons. The summed E-state index contributed by atoms with van der Waals surface area (Å²) in [6, 6.07) is 15.0. The number of carbonyl (C=O) groups is 1. The molecule has 3 nitrogen and oxygen atoms in total. The van der Waals surface area contributed by atoms with Crippen molar-refractivity contribution in [3.63, 3.8) is 0 Å². The van der Waals surface area contributed by atoms with Gasteiger partial charge in [-0.15, -0.1) is 0 Å². The molecule has 0 heterocycles. The smallest absolute Gasteiger partial charge is 0.226 e. The van der Waals surface area contributed by atoms with Gasteiger partial charge in [0.15, 0.2) is 5.11 Å². The molecular weight excluding hydrogens is 384 g/mol. The number of carbonyl (C=O) groups excluding carboxylic acids is 1. The molecule has 22 heavy (non-hydrogen) atoms. The Morgan fingerprint density at radius 2 is 1.95 bits per heavy atom. The van der Waals surface area contributed by atoms with Crippen molar-refractivity contribution in [2.24, 2.45) is 0 Å². The van der Waals surface area contributed by atoms with Gasteiger partial charge < -0.3 is 10.6 Å². The number of aryl methyl sites for hydroxylation is 1. The summed E-state index contributed by atoms with van der Waals surface area (Å²) in [6.07, 6.45) is 0.898. The van der Waals surface area contributed by atoms with E-state index in [9.17, 15) is 4.79 Å². The largest absolute Gasteiger partial charge is 0.332 e. The zero-order valence-electron chi connectivity index (χ0n) is 11.6. The highest BCUT2D eigenvalue weighted by Crippen LogP contribution is 2.17. The number of hydrogen-bond acceptors (Lipinski definition) is 2. The zero-order chi connectivity index (χ0) is 15.9. The predicted molar refractivity (Wildman–Crippen MR) is 98.3 cm³/mol. The van der Waals surface area contributed by atoms with Crippen LogP contribution in [0, 0.1) is 0 Å². The SMILES string of the molecule is O=C(CCc1ccccc1Cl)NC(=S)Nc1cccc(Br)c1. The first-order valence-electron chi connectivity index (χ1n) is 6.64. The molecule has 6 heteroatoms. The molecule has 0 aliphatic rings. The fourth-order valence-corrected chi connectivity index (χ4v) is 2.73. The van der Waals surface area contributed by atoms with Crippen LogP contribution in [0.2, 0.25) is 5.02 Å². The lowest BCUT2D eigenvalue weighted by atomic mass is 10.1. The van der Waals surface area contributed by atoms with E-state index in [-0.39, 0.29) is 11.0 Å². The second-order valence-electron chi connectivity index (χ2n) is 4.60. The summed E-state index contributed by atoms with van der Waals surface area (Å²) in [6.45, 7) is 0. The molecule has 0 atom stereocenters. The minimum Gasteiger partial charge on any atom is -0.332 e. The van der Waals surface area contributed by atoms with Crippen LogP contribution in [0.25, 0.3) is 0 Å². The van der Waals surface area contributed by atoms with Crippen molar-refractivity contribution in [2.45, 2.75) is 12.8 Å². The normalized spacial score (nSPS) is 10.1. The molecule has 0 bridgehead atoms. The number of amides is 1. The van der Waals surface area contributed by atoms with Crippen LogP contribution in [0.4, 0.5) is 5.69 Å². The van der Waals surface area contributed by atoms with Gasteiger partial charge in [-0.3, -0.25) is 4.79 Å². The fourth-order valence-electron chi connectivity index (χ4n) is 1.87. The summed E-state index contributed by atoms with van der Waals surface area (Å²) in [5.41, 5.74) is 1.76. The average Bonchev–Trinajstić information content (AvgIpc) is 2.46. The van der Waals surface area contributed by atoms with Gasteiger partial charge in [0, 0.05) is 21.6 Å². The molecule has 2 aromatic rings. The van der Waals surface area contributed by atoms with Gasteiger partial charge in [0.25, 0.3) is 0 Å². The molecule has 0 saturated carbocycles. The minimum absolute atomic E-state index is 0.146. The molecule has 1 amide bonds. The number of anilines is 1. The van der Waals surface area contributed by atoms with Crippen molar-refractivity contribution in [1.82, 2.24) is 5.32 Å². The number of nitrogens with one attached hydrogen (secondary N) is 2. The lowest BCUT2D eigenvalue weighted by Gasteiger charge is -2.10. The van der Waals surface area contributed by atoms with E-state index in [0.29, 0.717) is 17.9 Å². The third-order valence-corrected chi connectivity index (χ3v) is 3.98. The number of rotatable bonds is 4. The Kier molecular flexibility index (Phi) is 6.36. The second-order valence-corrected chi connectivity index (χ2v) is 6.34. The summed E-state index contributed by atoms with van der Waals surface area (Å²) >= 11 is 14.6. The summed E-state index contributed by atoms with van der Waals surface area (Å²) in [5.74, 6) is -0.146. The van der Waals surface area contributed by atoms with E-state index in [4.69, 9.17) is 23.8 Å². The monoisotopic (exact) mass is 396 g/mol. The summed E-state index contributed by atoms with van der Waals surface area (Å²) < 4.78 is 0.936. The van der Waals surface area contributed by atoms with Crippen molar-refractivity contribution in [1.29, 1.82) is 0 Å². The Hall–Kier alpha value is -1.43. The maximum absolute atomic E-state index is 11.9. The average molecular weight is 398 g/mol. The van der Waals surface area contributed by atoms with Crippen LogP contribution in [0.1, 0.15) is 12.0 Å². The van der Waals surface area contributed by atoms with E-state index in [1.807, 2.05) is 48.5 Å². The number of benzene rings is 2. The van der Waals surface area contributed by atoms with Gasteiger partial charge >= 0.3 is 0 Å². The minimum atomic E-state index is -0.146. The van der Waals surface area contributed by atoms with Gasteiger partial charge in [0.2, 0.25) is 5.91 Å². The number of halogens is 2. The van der Waals surface area contributed by atoms with E-state index in [1.165, 1.54) is 0 Å². The van der Waals surface area contributed by atoms with Crippen LogP contribution < -0.4 is 10.6 Å². The first-order chi connectivity index (χ1) is 10.5. The first kappa shape index (κ1) is 16.9. The van der Waals surface area contributed by atoms with Crippen molar-refractivity contribution in [3.05, 3.63) is 63.6 Å². The second kappa shape index (κ2) is 8.27. The van der Waals surface area contributed by atoms with E-state index < -0.39 is 0 Å². The van der Waals surface area contributed by atoms with Crippen molar-refractivity contribution >= 4 is 56.5 Å². The number of hydrogen-bond donors (Lipinski definition) is 2. The highest BCUT2D eigenvalue weighted by molar-refractivity contribution is 9.10. The Balaban J connectivity index is 1.82. The topological polar surface area (TPSA) is 41.1 Å². The molecule has 0 radical (unpaired) electrons. The maximum Gasteiger partial charge on any atom is 0.226 e. The van der Waals surface area contributed by atoms with Crippen molar-refractivity contribution in [3.8, 4) is 0 Å².